The van der Waals surface area contributed by atoms with E-state index in [4.69, 9.17) is 23.2 Å². The quantitative estimate of drug-likeness (QED) is 0.549. The molecule has 3 aromatic carbocycles. The second-order valence-electron chi connectivity index (χ2n) is 6.99. The molecule has 4 rings (SSSR count). The maximum atomic E-state index is 13.7. The van der Waals surface area contributed by atoms with Crippen LogP contribution in [0.4, 0.5) is 17.1 Å². The Morgan fingerprint density at radius 2 is 1.66 bits per heavy atom. The Morgan fingerprint density at radius 3 is 2.41 bits per heavy atom. The fourth-order valence-electron chi connectivity index (χ4n) is 3.43. The Kier molecular flexibility index (Phi) is 6.10. The molecular weight excluding hydrogens is 473 g/mol. The van der Waals surface area contributed by atoms with Crippen LogP contribution in [0.25, 0.3) is 0 Å². The summed E-state index contributed by atoms with van der Waals surface area (Å²) in [4.78, 5) is 25.4. The number of hydrogen-bond donors (Lipinski definition) is 2. The van der Waals surface area contributed by atoms with Crippen LogP contribution in [0.15, 0.2) is 77.7 Å². The predicted octanol–water partition coefficient (Wildman–Crippen LogP) is 4.54. The third-order valence-corrected chi connectivity index (χ3v) is 7.67. The number of benzene rings is 3. The first-order valence-electron chi connectivity index (χ1n) is 9.52. The van der Waals surface area contributed by atoms with E-state index in [-0.39, 0.29) is 20.6 Å². The number of carbonyl (C=O) groups excluding carboxylic acids is 2. The molecule has 0 saturated carbocycles. The van der Waals surface area contributed by atoms with E-state index in [9.17, 15) is 18.0 Å². The van der Waals surface area contributed by atoms with E-state index < -0.39 is 34.3 Å². The first kappa shape index (κ1) is 22.1. The highest BCUT2D eigenvalue weighted by molar-refractivity contribution is 7.93. The molecule has 7 nitrogen and oxygen atoms in total. The van der Waals surface area contributed by atoms with Gasteiger partial charge in [-0.25, -0.2) is 8.42 Å². The summed E-state index contributed by atoms with van der Waals surface area (Å²) in [6.45, 7) is 0. The van der Waals surface area contributed by atoms with Gasteiger partial charge in [0.1, 0.15) is 10.9 Å². The van der Waals surface area contributed by atoms with Crippen LogP contribution in [-0.2, 0) is 19.6 Å². The van der Waals surface area contributed by atoms with Crippen LogP contribution in [0.1, 0.15) is 6.42 Å². The van der Waals surface area contributed by atoms with Gasteiger partial charge in [-0.2, -0.15) is 0 Å². The minimum Gasteiger partial charge on any atom is -0.326 e. The van der Waals surface area contributed by atoms with Gasteiger partial charge in [0, 0.05) is 5.69 Å². The van der Waals surface area contributed by atoms with E-state index in [1.54, 1.807) is 54.6 Å². The van der Waals surface area contributed by atoms with Gasteiger partial charge in [-0.05, 0) is 36.4 Å². The van der Waals surface area contributed by atoms with Gasteiger partial charge in [-0.1, -0.05) is 59.6 Å². The zero-order chi connectivity index (χ0) is 22.9. The Labute approximate surface area is 195 Å². The average molecular weight is 490 g/mol. The van der Waals surface area contributed by atoms with E-state index in [0.29, 0.717) is 11.4 Å². The summed E-state index contributed by atoms with van der Waals surface area (Å²) in [6, 6.07) is 18.0. The number of fused-ring (bicyclic) bond motifs is 1. The van der Waals surface area contributed by atoms with Crippen molar-refractivity contribution < 1.29 is 18.0 Å². The molecule has 0 saturated heterocycles. The molecule has 164 valence electrons. The van der Waals surface area contributed by atoms with Crippen molar-refractivity contribution in [3.63, 3.8) is 0 Å². The molecule has 0 spiro atoms. The molecule has 3 aromatic rings. The number of sulfonamides is 1. The highest BCUT2D eigenvalue weighted by Gasteiger charge is 2.42. The molecule has 0 aliphatic carbocycles. The maximum Gasteiger partial charge on any atom is 0.266 e. The van der Waals surface area contributed by atoms with Crippen molar-refractivity contribution in [1.82, 2.24) is 0 Å². The monoisotopic (exact) mass is 489 g/mol. The van der Waals surface area contributed by atoms with Crippen molar-refractivity contribution in [3.05, 3.63) is 82.8 Å². The SMILES string of the molecule is O=C(CC1C(=O)Nc2ccccc2N1S(=O)(=O)c1cccc(Cl)c1Cl)Nc1ccccc1. The summed E-state index contributed by atoms with van der Waals surface area (Å²) in [6.07, 6.45) is -0.410. The molecule has 0 bridgehead atoms. The Morgan fingerprint density at radius 1 is 0.969 bits per heavy atom. The maximum absolute atomic E-state index is 13.7. The number of hydrogen-bond acceptors (Lipinski definition) is 4. The van der Waals surface area contributed by atoms with Crippen molar-refractivity contribution in [1.29, 1.82) is 0 Å². The molecule has 0 radical (unpaired) electrons. The summed E-state index contributed by atoms with van der Waals surface area (Å²) in [5.41, 5.74) is 1.06. The molecule has 2 N–H and O–H groups in total. The van der Waals surface area contributed by atoms with Crippen LogP contribution in [0.2, 0.25) is 10.0 Å². The third-order valence-electron chi connectivity index (χ3n) is 4.87. The van der Waals surface area contributed by atoms with E-state index in [1.165, 1.54) is 18.2 Å². The fourth-order valence-corrected chi connectivity index (χ4v) is 5.80. The van der Waals surface area contributed by atoms with Crippen molar-refractivity contribution in [2.45, 2.75) is 17.4 Å². The van der Waals surface area contributed by atoms with E-state index >= 15 is 0 Å². The summed E-state index contributed by atoms with van der Waals surface area (Å²) < 4.78 is 28.3. The number of nitrogens with one attached hydrogen (secondary N) is 2. The summed E-state index contributed by atoms with van der Waals surface area (Å²) >= 11 is 12.2. The van der Waals surface area contributed by atoms with Gasteiger partial charge >= 0.3 is 0 Å². The lowest BCUT2D eigenvalue weighted by Crippen LogP contribution is -2.52. The van der Waals surface area contributed by atoms with E-state index in [1.807, 2.05) is 0 Å². The first-order chi connectivity index (χ1) is 15.3. The highest BCUT2D eigenvalue weighted by atomic mass is 35.5. The predicted molar refractivity (Wildman–Crippen MR) is 125 cm³/mol. The number of nitrogens with zero attached hydrogens (tertiary/aromatic N) is 1. The Balaban J connectivity index is 1.77. The fraction of sp³-hybridized carbons (Fsp3) is 0.0909. The summed E-state index contributed by atoms with van der Waals surface area (Å²) in [5.74, 6) is -1.15. The largest absolute Gasteiger partial charge is 0.326 e. The van der Waals surface area contributed by atoms with Gasteiger partial charge in [-0.3, -0.25) is 13.9 Å². The van der Waals surface area contributed by atoms with Crippen LogP contribution < -0.4 is 14.9 Å². The average Bonchev–Trinajstić information content (AvgIpc) is 2.76. The second-order valence-corrected chi connectivity index (χ2v) is 9.56. The topological polar surface area (TPSA) is 95.6 Å². The second kappa shape index (κ2) is 8.82. The lowest BCUT2D eigenvalue weighted by Gasteiger charge is -2.36. The van der Waals surface area contributed by atoms with Crippen molar-refractivity contribution >= 4 is 62.1 Å². The van der Waals surface area contributed by atoms with Gasteiger partial charge in [0.15, 0.2) is 0 Å². The van der Waals surface area contributed by atoms with Gasteiger partial charge in [0.2, 0.25) is 11.8 Å². The zero-order valence-electron chi connectivity index (χ0n) is 16.5. The van der Waals surface area contributed by atoms with E-state index in [2.05, 4.69) is 10.6 Å². The van der Waals surface area contributed by atoms with Crippen LogP contribution in [0.5, 0.6) is 0 Å². The van der Waals surface area contributed by atoms with Gasteiger partial charge in [0.25, 0.3) is 10.0 Å². The molecule has 1 unspecified atom stereocenters. The molecule has 0 aromatic heterocycles. The molecule has 1 atom stereocenters. The summed E-state index contributed by atoms with van der Waals surface area (Å²) in [5, 5.41) is 5.25. The molecular formula is C22H17Cl2N3O4S. The molecule has 10 heteroatoms. The standard InChI is InChI=1S/C22H17Cl2N3O4S/c23-15-9-6-12-19(21(15)24)32(30,31)27-17-11-5-4-10-16(17)26-22(29)18(27)13-20(28)25-14-7-2-1-3-8-14/h1-12,18H,13H2,(H,25,28)(H,26,29). The van der Waals surface area contributed by atoms with Crippen molar-refractivity contribution in [2.75, 3.05) is 14.9 Å². The molecule has 2 amide bonds. The smallest absolute Gasteiger partial charge is 0.266 e. The molecule has 0 fully saturated rings. The molecule has 1 aliphatic heterocycles. The number of halogens is 2. The lowest BCUT2D eigenvalue weighted by molar-refractivity contribution is -0.122. The normalized spacial score (nSPS) is 15.6. The van der Waals surface area contributed by atoms with Crippen LogP contribution in [0.3, 0.4) is 0 Å². The molecule has 1 heterocycles. The zero-order valence-corrected chi connectivity index (χ0v) is 18.8. The van der Waals surface area contributed by atoms with E-state index in [0.717, 1.165) is 4.31 Å². The van der Waals surface area contributed by atoms with Crippen LogP contribution in [-0.4, -0.2) is 26.3 Å². The first-order valence-corrected chi connectivity index (χ1v) is 11.7. The molecule has 32 heavy (non-hydrogen) atoms. The number of para-hydroxylation sites is 3. The third kappa shape index (κ3) is 4.17. The number of rotatable bonds is 5. The molecule has 1 aliphatic rings. The number of carbonyl (C=O) groups is 2. The number of anilines is 3. The van der Waals surface area contributed by atoms with Crippen molar-refractivity contribution in [3.8, 4) is 0 Å². The van der Waals surface area contributed by atoms with Crippen LogP contribution in [0, 0.1) is 0 Å². The van der Waals surface area contributed by atoms with Crippen molar-refractivity contribution in [2.24, 2.45) is 0 Å². The van der Waals surface area contributed by atoms with Gasteiger partial charge in [-0.15, -0.1) is 0 Å². The van der Waals surface area contributed by atoms with Gasteiger partial charge < -0.3 is 10.6 Å². The summed E-state index contributed by atoms with van der Waals surface area (Å²) in [7, 11) is -4.35. The minimum absolute atomic E-state index is 0.0564. The Hall–Kier alpha value is -3.07. The Bertz CT molecular complexity index is 1300. The highest BCUT2D eigenvalue weighted by Crippen LogP contribution is 2.39. The lowest BCUT2D eigenvalue weighted by atomic mass is 10.1. The van der Waals surface area contributed by atoms with Gasteiger partial charge in [0.05, 0.1) is 27.8 Å². The minimum atomic E-state index is -4.35. The number of amides is 2. The van der Waals surface area contributed by atoms with Crippen LogP contribution >= 0.6 is 23.2 Å².